The lowest BCUT2D eigenvalue weighted by Gasteiger charge is -2.15. The predicted octanol–water partition coefficient (Wildman–Crippen LogP) is 1.96. The highest BCUT2D eigenvalue weighted by Gasteiger charge is 2.21. The van der Waals surface area contributed by atoms with Gasteiger partial charge in [0.1, 0.15) is 12.2 Å². The van der Waals surface area contributed by atoms with E-state index in [-0.39, 0.29) is 16.1 Å². The third-order valence-electron chi connectivity index (χ3n) is 1.98. The molecule has 0 fully saturated rings. The number of aliphatic carboxylic acids is 1. The summed E-state index contributed by atoms with van der Waals surface area (Å²) in [6, 6.07) is -0.777. The zero-order valence-electron chi connectivity index (χ0n) is 9.41. The zero-order chi connectivity index (χ0) is 13.0. The number of carboxylic acids is 1. The molecular formula is C9H13N3O4S. The van der Waals surface area contributed by atoms with E-state index in [1.165, 1.54) is 0 Å². The third-order valence-corrected chi connectivity index (χ3v) is 2.86. The van der Waals surface area contributed by atoms with Crippen LogP contribution in [0.3, 0.4) is 0 Å². The lowest BCUT2D eigenvalue weighted by atomic mass is 10.0. The van der Waals surface area contributed by atoms with Gasteiger partial charge in [0, 0.05) is 0 Å². The Morgan fingerprint density at radius 3 is 2.76 bits per heavy atom. The van der Waals surface area contributed by atoms with Gasteiger partial charge in [-0.05, 0) is 23.7 Å². The number of anilines is 1. The van der Waals surface area contributed by atoms with Gasteiger partial charge in [0.05, 0.1) is 4.92 Å². The van der Waals surface area contributed by atoms with E-state index in [1.54, 1.807) is 0 Å². The van der Waals surface area contributed by atoms with E-state index in [9.17, 15) is 14.9 Å². The maximum absolute atomic E-state index is 11.0. The first kappa shape index (κ1) is 13.4. The molecule has 0 unspecified atom stereocenters. The first-order valence-corrected chi connectivity index (χ1v) is 5.81. The Morgan fingerprint density at radius 1 is 1.71 bits per heavy atom. The van der Waals surface area contributed by atoms with Crippen LogP contribution in [-0.4, -0.2) is 27.0 Å². The fourth-order valence-electron chi connectivity index (χ4n) is 1.26. The van der Waals surface area contributed by atoms with Gasteiger partial charge in [-0.1, -0.05) is 13.8 Å². The number of thiazole rings is 1. The fraction of sp³-hybridized carbons (Fsp3) is 0.556. The monoisotopic (exact) mass is 259 g/mol. The van der Waals surface area contributed by atoms with Gasteiger partial charge >= 0.3 is 11.0 Å². The van der Waals surface area contributed by atoms with Crippen molar-refractivity contribution in [2.75, 3.05) is 5.32 Å². The maximum Gasteiger partial charge on any atom is 0.345 e. The summed E-state index contributed by atoms with van der Waals surface area (Å²) in [4.78, 5) is 24.6. The molecule has 1 rings (SSSR count). The van der Waals surface area contributed by atoms with Crippen LogP contribution in [0.1, 0.15) is 20.3 Å². The molecule has 0 aromatic carbocycles. The molecule has 0 bridgehead atoms. The minimum atomic E-state index is -0.989. The topological polar surface area (TPSA) is 105 Å². The Balaban J connectivity index is 2.72. The van der Waals surface area contributed by atoms with E-state index in [0.29, 0.717) is 6.42 Å². The lowest BCUT2D eigenvalue weighted by Crippen LogP contribution is -2.30. The van der Waals surface area contributed by atoms with Crippen LogP contribution < -0.4 is 5.32 Å². The van der Waals surface area contributed by atoms with Crippen LogP contribution in [-0.2, 0) is 4.79 Å². The molecule has 2 N–H and O–H groups in total. The summed E-state index contributed by atoms with van der Waals surface area (Å²) < 4.78 is 0. The molecular weight excluding hydrogens is 246 g/mol. The van der Waals surface area contributed by atoms with Crippen molar-refractivity contribution < 1.29 is 14.8 Å². The lowest BCUT2D eigenvalue weighted by molar-refractivity contribution is -0.380. The normalized spacial score (nSPS) is 12.4. The van der Waals surface area contributed by atoms with Gasteiger partial charge in [-0.25, -0.2) is 9.78 Å². The summed E-state index contributed by atoms with van der Waals surface area (Å²) in [5, 5.41) is 22.3. The van der Waals surface area contributed by atoms with Crippen molar-refractivity contribution in [3.8, 4) is 0 Å². The number of carboxylic acid groups (broad SMARTS) is 1. The van der Waals surface area contributed by atoms with E-state index in [2.05, 4.69) is 10.3 Å². The molecule has 7 nitrogen and oxygen atoms in total. The van der Waals surface area contributed by atoms with Crippen molar-refractivity contribution >= 4 is 27.4 Å². The average molecular weight is 259 g/mol. The van der Waals surface area contributed by atoms with Crippen LogP contribution in [0.5, 0.6) is 0 Å². The molecule has 8 heteroatoms. The van der Waals surface area contributed by atoms with Gasteiger partial charge < -0.3 is 10.4 Å². The molecule has 1 atom stereocenters. The number of nitrogens with zero attached hydrogens (tertiary/aromatic N) is 2. The van der Waals surface area contributed by atoms with Crippen LogP contribution in [0.2, 0.25) is 0 Å². The van der Waals surface area contributed by atoms with Gasteiger partial charge in [-0.15, -0.1) is 0 Å². The van der Waals surface area contributed by atoms with Crippen LogP contribution in [0.15, 0.2) is 6.20 Å². The van der Waals surface area contributed by atoms with Crippen LogP contribution in [0, 0.1) is 16.0 Å². The van der Waals surface area contributed by atoms with Crippen molar-refractivity contribution in [3.05, 3.63) is 16.3 Å². The molecule has 1 aromatic rings. The highest BCUT2D eigenvalue weighted by molar-refractivity contribution is 7.18. The zero-order valence-corrected chi connectivity index (χ0v) is 10.2. The molecule has 94 valence electrons. The van der Waals surface area contributed by atoms with Crippen molar-refractivity contribution in [2.24, 2.45) is 5.92 Å². The number of aromatic nitrogens is 1. The summed E-state index contributed by atoms with van der Waals surface area (Å²) in [6.07, 6.45) is 1.55. The quantitative estimate of drug-likeness (QED) is 0.597. The Kier molecular flexibility index (Phi) is 4.38. The molecule has 1 heterocycles. The molecule has 0 saturated heterocycles. The number of hydrogen-bond donors (Lipinski definition) is 2. The summed E-state index contributed by atoms with van der Waals surface area (Å²) in [7, 11) is 0. The molecule has 0 radical (unpaired) electrons. The second kappa shape index (κ2) is 5.58. The molecule has 1 aromatic heterocycles. The minimum Gasteiger partial charge on any atom is -0.480 e. The van der Waals surface area contributed by atoms with Crippen molar-refractivity contribution in [1.29, 1.82) is 0 Å². The summed E-state index contributed by atoms with van der Waals surface area (Å²) >= 11 is 0.829. The van der Waals surface area contributed by atoms with E-state index < -0.39 is 16.9 Å². The van der Waals surface area contributed by atoms with Gasteiger partial charge in [0.25, 0.3) is 0 Å². The van der Waals surface area contributed by atoms with E-state index in [0.717, 1.165) is 17.5 Å². The van der Waals surface area contributed by atoms with Gasteiger partial charge in [0.15, 0.2) is 5.13 Å². The third kappa shape index (κ3) is 3.99. The Morgan fingerprint density at radius 2 is 2.35 bits per heavy atom. The van der Waals surface area contributed by atoms with Gasteiger partial charge in [-0.2, -0.15) is 0 Å². The second-order valence-electron chi connectivity index (χ2n) is 3.93. The molecule has 0 spiro atoms. The Hall–Kier alpha value is -1.70. The van der Waals surface area contributed by atoms with Crippen LogP contribution in [0.25, 0.3) is 0 Å². The number of nitro groups is 1. The number of carbonyl (C=O) groups is 1. The molecule has 0 amide bonds. The van der Waals surface area contributed by atoms with Crippen LogP contribution >= 0.6 is 11.3 Å². The number of nitrogens with one attached hydrogen (secondary N) is 1. The number of rotatable bonds is 6. The van der Waals surface area contributed by atoms with Crippen molar-refractivity contribution in [3.63, 3.8) is 0 Å². The minimum absolute atomic E-state index is 0.110. The van der Waals surface area contributed by atoms with Crippen molar-refractivity contribution in [2.45, 2.75) is 26.3 Å². The second-order valence-corrected chi connectivity index (χ2v) is 4.93. The Labute approximate surface area is 102 Å². The molecule has 0 aliphatic rings. The van der Waals surface area contributed by atoms with Crippen LogP contribution in [0.4, 0.5) is 10.1 Å². The maximum atomic E-state index is 11.0. The largest absolute Gasteiger partial charge is 0.480 e. The van der Waals surface area contributed by atoms with Gasteiger partial charge in [0.2, 0.25) is 0 Å². The van der Waals surface area contributed by atoms with Crippen molar-refractivity contribution in [1.82, 2.24) is 4.98 Å². The predicted molar refractivity (Wildman–Crippen MR) is 63.3 cm³/mol. The summed E-state index contributed by atoms with van der Waals surface area (Å²) in [6.45, 7) is 3.81. The highest BCUT2D eigenvalue weighted by Crippen LogP contribution is 2.26. The molecule has 0 aliphatic carbocycles. The standard InChI is InChI=1S/C9H13N3O4S/c1-5(2)3-6(8(13)14)11-9-10-4-7(17-9)12(15)16/h4-6H,3H2,1-2H3,(H,10,11)(H,13,14)/t6-/m1/s1. The highest BCUT2D eigenvalue weighted by atomic mass is 32.1. The van der Waals surface area contributed by atoms with E-state index in [1.807, 2.05) is 13.8 Å². The summed E-state index contributed by atoms with van der Waals surface area (Å²) in [5.41, 5.74) is 0. The fourth-order valence-corrected chi connectivity index (χ4v) is 1.94. The van der Waals surface area contributed by atoms with E-state index >= 15 is 0 Å². The first-order chi connectivity index (χ1) is 7.90. The van der Waals surface area contributed by atoms with Gasteiger partial charge in [-0.3, -0.25) is 10.1 Å². The SMILES string of the molecule is CC(C)C[C@@H](Nc1ncc([N+](=O)[O-])s1)C(=O)O. The van der Waals surface area contributed by atoms with E-state index in [4.69, 9.17) is 5.11 Å². The molecule has 0 saturated carbocycles. The Bertz CT molecular complexity index is 418. The average Bonchev–Trinajstić information content (AvgIpc) is 2.64. The summed E-state index contributed by atoms with van der Waals surface area (Å²) in [5.74, 6) is -0.782. The first-order valence-electron chi connectivity index (χ1n) is 4.99. The number of hydrogen-bond acceptors (Lipinski definition) is 6. The molecule has 0 aliphatic heterocycles. The molecule has 17 heavy (non-hydrogen) atoms. The smallest absolute Gasteiger partial charge is 0.345 e.